The van der Waals surface area contributed by atoms with E-state index in [4.69, 9.17) is 5.73 Å². The highest BCUT2D eigenvalue weighted by Crippen LogP contribution is 2.44. The minimum Gasteiger partial charge on any atom is -0.368 e. The fraction of sp³-hybridized carbons (Fsp3) is 0.455. The molecule has 2 N–H and O–H groups in total. The molecule has 15 heavy (non-hydrogen) atoms. The standard InChI is InChI=1S/C11H14N2OS/c12-10(14)11(5-1-2-7-15-11)9-4-3-6-13-8-9/h3-4,6,8H,1-2,5,7H2,(H2,12,14)/t11-/m1/s1. The number of nitrogens with zero attached hydrogens (tertiary/aromatic N) is 1. The van der Waals surface area contributed by atoms with Gasteiger partial charge in [-0.1, -0.05) is 12.5 Å². The number of aromatic nitrogens is 1. The van der Waals surface area contributed by atoms with Crippen LogP contribution in [0, 0.1) is 0 Å². The Balaban J connectivity index is 2.38. The molecule has 1 saturated heterocycles. The van der Waals surface area contributed by atoms with Gasteiger partial charge in [-0.2, -0.15) is 0 Å². The van der Waals surface area contributed by atoms with Gasteiger partial charge in [-0.3, -0.25) is 9.78 Å². The molecule has 1 atom stereocenters. The third kappa shape index (κ3) is 1.86. The van der Waals surface area contributed by atoms with Gasteiger partial charge >= 0.3 is 0 Å². The number of pyridine rings is 1. The maximum atomic E-state index is 11.7. The Morgan fingerprint density at radius 3 is 2.93 bits per heavy atom. The van der Waals surface area contributed by atoms with Crippen LogP contribution in [-0.2, 0) is 9.54 Å². The van der Waals surface area contributed by atoms with Crippen molar-refractivity contribution in [2.45, 2.75) is 24.0 Å². The van der Waals surface area contributed by atoms with Crippen LogP contribution < -0.4 is 5.73 Å². The molecule has 0 spiro atoms. The van der Waals surface area contributed by atoms with Gasteiger partial charge in [-0.25, -0.2) is 0 Å². The maximum absolute atomic E-state index is 11.7. The third-order valence-corrected chi connectivity index (χ3v) is 4.42. The van der Waals surface area contributed by atoms with E-state index in [1.165, 1.54) is 6.42 Å². The summed E-state index contributed by atoms with van der Waals surface area (Å²) in [5.41, 5.74) is 6.49. The summed E-state index contributed by atoms with van der Waals surface area (Å²) in [5, 5.41) is 0. The lowest BCUT2D eigenvalue weighted by atomic mass is 9.92. The zero-order chi connectivity index (χ0) is 10.7. The number of carbonyl (C=O) groups excluding carboxylic acids is 1. The van der Waals surface area contributed by atoms with Crippen LogP contribution in [0.1, 0.15) is 24.8 Å². The number of carbonyl (C=O) groups is 1. The van der Waals surface area contributed by atoms with E-state index in [9.17, 15) is 4.79 Å². The molecule has 4 heteroatoms. The van der Waals surface area contributed by atoms with Crippen molar-refractivity contribution in [1.29, 1.82) is 0 Å². The Hall–Kier alpha value is -1.03. The van der Waals surface area contributed by atoms with Gasteiger partial charge < -0.3 is 5.73 Å². The number of primary amides is 1. The summed E-state index contributed by atoms with van der Waals surface area (Å²) in [7, 11) is 0. The summed E-state index contributed by atoms with van der Waals surface area (Å²) in [4.78, 5) is 15.7. The zero-order valence-electron chi connectivity index (χ0n) is 8.48. The van der Waals surface area contributed by atoms with Crippen molar-refractivity contribution >= 4 is 17.7 Å². The molecule has 0 unspecified atom stereocenters. The summed E-state index contributed by atoms with van der Waals surface area (Å²) < 4.78 is -0.535. The fourth-order valence-corrected chi connectivity index (χ4v) is 3.38. The first-order chi connectivity index (χ1) is 7.26. The molecule has 2 heterocycles. The van der Waals surface area contributed by atoms with Crippen LogP contribution in [0.5, 0.6) is 0 Å². The minimum atomic E-state index is -0.535. The normalized spacial score (nSPS) is 26.1. The van der Waals surface area contributed by atoms with Crippen molar-refractivity contribution in [2.24, 2.45) is 5.73 Å². The van der Waals surface area contributed by atoms with Crippen LogP contribution in [-0.4, -0.2) is 16.6 Å². The van der Waals surface area contributed by atoms with Crippen molar-refractivity contribution < 1.29 is 4.79 Å². The van der Waals surface area contributed by atoms with Gasteiger partial charge in [0.25, 0.3) is 0 Å². The Labute approximate surface area is 93.5 Å². The molecule has 1 aromatic rings. The molecule has 0 saturated carbocycles. The lowest BCUT2D eigenvalue weighted by Gasteiger charge is -2.33. The molecule has 1 aliphatic heterocycles. The Bertz CT molecular complexity index is 347. The lowest BCUT2D eigenvalue weighted by Crippen LogP contribution is -2.40. The average molecular weight is 222 g/mol. The van der Waals surface area contributed by atoms with Gasteiger partial charge in [0.15, 0.2) is 0 Å². The topological polar surface area (TPSA) is 56.0 Å². The predicted octanol–water partition coefficient (Wildman–Crippen LogP) is 1.68. The molecule has 0 aliphatic carbocycles. The van der Waals surface area contributed by atoms with Crippen LogP contribution in [0.25, 0.3) is 0 Å². The van der Waals surface area contributed by atoms with E-state index in [1.807, 2.05) is 12.1 Å². The van der Waals surface area contributed by atoms with Gasteiger partial charge in [-0.05, 0) is 30.2 Å². The Morgan fingerprint density at radius 2 is 2.40 bits per heavy atom. The average Bonchev–Trinajstić information content (AvgIpc) is 2.31. The molecule has 3 nitrogen and oxygen atoms in total. The Kier molecular flexibility index (Phi) is 2.95. The first kappa shape index (κ1) is 10.5. The highest BCUT2D eigenvalue weighted by molar-refractivity contribution is 8.01. The van der Waals surface area contributed by atoms with Crippen LogP contribution in [0.15, 0.2) is 24.5 Å². The van der Waals surface area contributed by atoms with E-state index in [-0.39, 0.29) is 5.91 Å². The van der Waals surface area contributed by atoms with Crippen molar-refractivity contribution in [1.82, 2.24) is 4.98 Å². The first-order valence-electron chi connectivity index (χ1n) is 5.10. The Morgan fingerprint density at radius 1 is 1.53 bits per heavy atom. The van der Waals surface area contributed by atoms with Gasteiger partial charge in [0.1, 0.15) is 4.75 Å². The number of thioether (sulfide) groups is 1. The molecule has 2 rings (SSSR count). The van der Waals surface area contributed by atoms with Crippen LogP contribution >= 0.6 is 11.8 Å². The highest BCUT2D eigenvalue weighted by Gasteiger charge is 2.40. The van der Waals surface area contributed by atoms with Gasteiger partial charge in [0.2, 0.25) is 5.91 Å². The molecular formula is C11H14N2OS. The van der Waals surface area contributed by atoms with E-state index in [2.05, 4.69) is 4.98 Å². The van der Waals surface area contributed by atoms with Crippen LogP contribution in [0.2, 0.25) is 0 Å². The van der Waals surface area contributed by atoms with E-state index >= 15 is 0 Å². The molecule has 1 amide bonds. The molecule has 1 aromatic heterocycles. The fourth-order valence-electron chi connectivity index (χ4n) is 1.96. The summed E-state index contributed by atoms with van der Waals surface area (Å²) in [6.45, 7) is 0. The molecule has 0 bridgehead atoms. The summed E-state index contributed by atoms with van der Waals surface area (Å²) in [6, 6.07) is 3.80. The maximum Gasteiger partial charge on any atom is 0.238 e. The van der Waals surface area contributed by atoms with E-state index in [0.29, 0.717) is 0 Å². The number of hydrogen-bond acceptors (Lipinski definition) is 3. The summed E-state index contributed by atoms with van der Waals surface area (Å²) in [5.74, 6) is 0.762. The molecule has 0 radical (unpaired) electrons. The van der Waals surface area contributed by atoms with E-state index in [1.54, 1.807) is 24.2 Å². The predicted molar refractivity (Wildman–Crippen MR) is 61.4 cm³/mol. The number of nitrogens with two attached hydrogens (primary N) is 1. The first-order valence-corrected chi connectivity index (χ1v) is 6.09. The zero-order valence-corrected chi connectivity index (χ0v) is 9.30. The van der Waals surface area contributed by atoms with Gasteiger partial charge in [-0.15, -0.1) is 11.8 Å². The van der Waals surface area contributed by atoms with Gasteiger partial charge in [0.05, 0.1) is 0 Å². The summed E-state index contributed by atoms with van der Waals surface area (Å²) >= 11 is 1.66. The molecule has 1 fully saturated rings. The molecule has 0 aromatic carbocycles. The number of amides is 1. The third-order valence-electron chi connectivity index (χ3n) is 2.80. The second-order valence-corrected chi connectivity index (χ2v) is 5.13. The smallest absolute Gasteiger partial charge is 0.238 e. The second kappa shape index (κ2) is 4.23. The molecular weight excluding hydrogens is 208 g/mol. The number of rotatable bonds is 2. The second-order valence-electron chi connectivity index (χ2n) is 3.74. The minimum absolute atomic E-state index is 0.236. The van der Waals surface area contributed by atoms with E-state index < -0.39 is 4.75 Å². The van der Waals surface area contributed by atoms with Crippen molar-refractivity contribution in [3.63, 3.8) is 0 Å². The van der Waals surface area contributed by atoms with E-state index in [0.717, 1.165) is 24.2 Å². The van der Waals surface area contributed by atoms with Crippen molar-refractivity contribution in [3.05, 3.63) is 30.1 Å². The van der Waals surface area contributed by atoms with Crippen molar-refractivity contribution in [2.75, 3.05) is 5.75 Å². The quantitative estimate of drug-likeness (QED) is 0.828. The molecule has 1 aliphatic rings. The van der Waals surface area contributed by atoms with Crippen molar-refractivity contribution in [3.8, 4) is 0 Å². The molecule has 80 valence electrons. The largest absolute Gasteiger partial charge is 0.368 e. The van der Waals surface area contributed by atoms with Crippen LogP contribution in [0.4, 0.5) is 0 Å². The summed E-state index contributed by atoms with van der Waals surface area (Å²) in [6.07, 6.45) is 6.53. The van der Waals surface area contributed by atoms with Crippen LogP contribution in [0.3, 0.4) is 0 Å². The van der Waals surface area contributed by atoms with Gasteiger partial charge in [0, 0.05) is 12.4 Å². The lowest BCUT2D eigenvalue weighted by molar-refractivity contribution is -0.120. The monoisotopic (exact) mass is 222 g/mol. The highest BCUT2D eigenvalue weighted by atomic mass is 32.2. The number of hydrogen-bond donors (Lipinski definition) is 1. The SMILES string of the molecule is NC(=O)[C@]1(c2cccnc2)CCCCS1.